The Balaban J connectivity index is 1.18. The van der Waals surface area contributed by atoms with Crippen molar-refractivity contribution in [2.45, 2.75) is 167 Å². The second-order valence-electron chi connectivity index (χ2n) is 19.0. The minimum Gasteiger partial charge on any atom is -0.404 e. The Labute approximate surface area is 380 Å². The predicted molar refractivity (Wildman–Crippen MR) is 248 cm³/mol. The summed E-state index contributed by atoms with van der Waals surface area (Å²) in [5.74, 6) is -2.60. The summed E-state index contributed by atoms with van der Waals surface area (Å²) >= 11 is 0. The highest BCUT2D eigenvalue weighted by atomic mass is 16.7. The van der Waals surface area contributed by atoms with Crippen LogP contribution in [-0.4, -0.2) is 103 Å². The van der Waals surface area contributed by atoms with Gasteiger partial charge in [0.2, 0.25) is 23.6 Å². The van der Waals surface area contributed by atoms with Crippen molar-refractivity contribution < 1.29 is 38.4 Å². The first kappa shape index (κ1) is 50.7. The van der Waals surface area contributed by atoms with Gasteiger partial charge >= 0.3 is 7.12 Å². The number of aliphatic hydroxyl groups is 1. The van der Waals surface area contributed by atoms with Gasteiger partial charge in [-0.15, -0.1) is 0 Å². The van der Waals surface area contributed by atoms with E-state index in [9.17, 15) is 29.1 Å². The zero-order valence-corrected chi connectivity index (χ0v) is 39.0. The van der Waals surface area contributed by atoms with Crippen LogP contribution in [-0.2, 0) is 34.9 Å². The number of unbranched alkanes of at least 4 members (excludes halogenated alkanes) is 2. The molecule has 0 radical (unpaired) electrons. The molecule has 3 saturated carbocycles. The molecule has 10 N–H and O–H groups in total. The summed E-state index contributed by atoms with van der Waals surface area (Å²) < 4.78 is 13.0. The number of aryl methyl sites for hydroxylation is 1. The lowest BCUT2D eigenvalue weighted by Crippen LogP contribution is -2.65. The summed E-state index contributed by atoms with van der Waals surface area (Å²) in [5, 5.41) is 24.5. The average molecular weight is 888 g/mol. The number of rotatable bonds is 24. The number of amides is 5. The van der Waals surface area contributed by atoms with Gasteiger partial charge in [-0.25, -0.2) is 0 Å². The Hall–Kier alpha value is -4.35. The van der Waals surface area contributed by atoms with Crippen LogP contribution < -0.4 is 38.1 Å². The summed E-state index contributed by atoms with van der Waals surface area (Å²) in [4.78, 5) is 68.4. The van der Waals surface area contributed by atoms with E-state index >= 15 is 0 Å². The van der Waals surface area contributed by atoms with E-state index in [0.717, 1.165) is 43.2 Å². The molecule has 16 heteroatoms. The highest BCUT2D eigenvalue weighted by Gasteiger charge is 2.68. The minimum absolute atomic E-state index is 0.0547. The second kappa shape index (κ2) is 22.7. The molecule has 64 heavy (non-hydrogen) atoms. The molecule has 2 unspecified atom stereocenters. The fourth-order valence-electron chi connectivity index (χ4n) is 9.71. The van der Waals surface area contributed by atoms with E-state index in [0.29, 0.717) is 49.6 Å². The molecule has 15 nitrogen and oxygen atoms in total. The Kier molecular flexibility index (Phi) is 18.0. The molecule has 4 aliphatic rings. The van der Waals surface area contributed by atoms with E-state index in [1.807, 2.05) is 19.1 Å². The van der Waals surface area contributed by atoms with Gasteiger partial charge in [-0.1, -0.05) is 70.5 Å². The summed E-state index contributed by atoms with van der Waals surface area (Å²) in [6, 6.07) is 10.8. The van der Waals surface area contributed by atoms with E-state index in [4.69, 9.17) is 20.8 Å². The standard InChI is InChI=1S/C48H74BN7O8/c1-8-10-14-31-17-19-32(20-18-31)33-21-23-34(24-22-33)42(58)54-38(16-13-26-51)45(61)56-41(29(3)57)46(62)53-36(9-2)43(59)55-37(15-11-12-25-50)44(60)52-30(4)49-63-40-28-35-27-39(47(35,5)6)48(40,7)64-49/h17-24,29-30,35-41,57H,8-16,25-28,50-51H2,1-7H3,(H,52,60)(H,53,62)(H,54,58)(H,55,59)(H,56,61)/t29?,30-,35-,36-,37-,38-,39-,40?,41-,48-/m0/s1. The first-order valence-electron chi connectivity index (χ1n) is 23.6. The Morgan fingerprint density at radius 2 is 1.31 bits per heavy atom. The number of hydrogen-bond donors (Lipinski definition) is 8. The van der Waals surface area contributed by atoms with Crippen LogP contribution in [0, 0.1) is 17.3 Å². The van der Waals surface area contributed by atoms with E-state index in [1.165, 1.54) is 12.5 Å². The molecular weight excluding hydrogens is 813 g/mol. The van der Waals surface area contributed by atoms with Gasteiger partial charge in [0.1, 0.15) is 24.2 Å². The summed E-state index contributed by atoms with van der Waals surface area (Å²) in [6.45, 7) is 14.4. The van der Waals surface area contributed by atoms with Gasteiger partial charge < -0.3 is 52.5 Å². The Morgan fingerprint density at radius 1 is 0.734 bits per heavy atom. The van der Waals surface area contributed by atoms with Crippen LogP contribution in [0.15, 0.2) is 48.5 Å². The molecule has 1 saturated heterocycles. The first-order chi connectivity index (χ1) is 30.5. The minimum atomic E-state index is -1.47. The van der Waals surface area contributed by atoms with Gasteiger partial charge in [0.05, 0.1) is 23.8 Å². The predicted octanol–water partition coefficient (Wildman–Crippen LogP) is 3.68. The van der Waals surface area contributed by atoms with Crippen molar-refractivity contribution in [3.63, 3.8) is 0 Å². The van der Waals surface area contributed by atoms with Gasteiger partial charge in [0, 0.05) is 5.56 Å². The first-order valence-corrected chi connectivity index (χ1v) is 23.6. The zero-order valence-electron chi connectivity index (χ0n) is 39.0. The third-order valence-corrected chi connectivity index (χ3v) is 14.0. The number of carbonyl (C=O) groups is 5. The van der Waals surface area contributed by atoms with E-state index in [-0.39, 0.29) is 30.9 Å². The van der Waals surface area contributed by atoms with Crippen LogP contribution in [0.5, 0.6) is 0 Å². The lowest BCUT2D eigenvalue weighted by Gasteiger charge is -2.64. The van der Waals surface area contributed by atoms with Gasteiger partial charge in [-0.3, -0.25) is 24.0 Å². The number of aliphatic hydroxyl groups excluding tert-OH is 1. The third kappa shape index (κ3) is 12.1. The second-order valence-corrected chi connectivity index (χ2v) is 19.0. The summed E-state index contributed by atoms with van der Waals surface area (Å²) in [6.07, 6.45) is 6.10. The number of nitrogens with one attached hydrogen (secondary N) is 5. The normalized spacial score (nSPS) is 23.5. The quantitative estimate of drug-likeness (QED) is 0.0563. The van der Waals surface area contributed by atoms with E-state index < -0.39 is 78.5 Å². The molecule has 0 spiro atoms. The molecule has 3 aliphatic carbocycles. The zero-order chi connectivity index (χ0) is 46.8. The molecule has 1 aliphatic heterocycles. The summed E-state index contributed by atoms with van der Waals surface area (Å²) in [5.41, 5.74) is 14.8. The maximum Gasteiger partial charge on any atom is 0.481 e. The van der Waals surface area contributed by atoms with Crippen LogP contribution in [0.1, 0.15) is 129 Å². The molecule has 0 aromatic heterocycles. The topological polar surface area (TPSA) is 236 Å². The maximum absolute atomic E-state index is 13.8. The van der Waals surface area contributed by atoms with Gasteiger partial charge in [-0.2, -0.15) is 0 Å². The fourth-order valence-corrected chi connectivity index (χ4v) is 9.71. The number of carbonyl (C=O) groups excluding carboxylic acids is 5. The van der Waals surface area contributed by atoms with E-state index in [1.54, 1.807) is 19.1 Å². The number of nitrogens with two attached hydrogens (primary N) is 2. The Morgan fingerprint density at radius 3 is 1.91 bits per heavy atom. The maximum atomic E-state index is 13.8. The van der Waals surface area contributed by atoms with Gasteiger partial charge in [-0.05, 0) is 144 Å². The highest BCUT2D eigenvalue weighted by Crippen LogP contribution is 2.65. The molecule has 6 rings (SSSR count). The molecule has 1 heterocycles. The van der Waals surface area contributed by atoms with Crippen molar-refractivity contribution >= 4 is 36.7 Å². The number of benzene rings is 2. The molecule has 4 fully saturated rings. The van der Waals surface area contributed by atoms with E-state index in [2.05, 4.69) is 78.5 Å². The van der Waals surface area contributed by atoms with Crippen molar-refractivity contribution in [1.29, 1.82) is 0 Å². The monoisotopic (exact) mass is 888 g/mol. The number of hydrogen-bond acceptors (Lipinski definition) is 10. The fraction of sp³-hybridized carbons (Fsp3) is 0.646. The smallest absolute Gasteiger partial charge is 0.404 e. The van der Waals surface area contributed by atoms with Crippen LogP contribution in [0.2, 0.25) is 0 Å². The molecule has 352 valence electrons. The van der Waals surface area contributed by atoms with Crippen molar-refractivity contribution in [3.8, 4) is 11.1 Å². The van der Waals surface area contributed by atoms with Crippen LogP contribution in [0.3, 0.4) is 0 Å². The lowest BCUT2D eigenvalue weighted by atomic mass is 9.43. The van der Waals surface area contributed by atoms with Crippen molar-refractivity contribution in [2.24, 2.45) is 28.7 Å². The van der Waals surface area contributed by atoms with Crippen LogP contribution in [0.25, 0.3) is 11.1 Å². The van der Waals surface area contributed by atoms with Crippen LogP contribution in [0.4, 0.5) is 0 Å². The van der Waals surface area contributed by atoms with Crippen LogP contribution >= 0.6 is 0 Å². The van der Waals surface area contributed by atoms with Gasteiger partial charge in [0.15, 0.2) is 0 Å². The molecule has 2 aromatic rings. The molecule has 2 bridgehead atoms. The molecule has 2 aromatic carbocycles. The largest absolute Gasteiger partial charge is 0.481 e. The third-order valence-electron chi connectivity index (χ3n) is 14.0. The SMILES string of the molecule is CCCCc1ccc(-c2ccc(C(=O)N[C@@H](CCCN)C(=O)N[C@H](C(=O)N[C@@H](CC)C(=O)N[C@@H](CCCCN)C(=O)N[C@@H](C)B3OC4C[C@@H]5C[C@@H](C5(C)C)[C@]4(C)O3)C(C)O)cc2)cc1. The van der Waals surface area contributed by atoms with Gasteiger partial charge in [0.25, 0.3) is 5.91 Å². The molecule has 10 atom stereocenters. The highest BCUT2D eigenvalue weighted by molar-refractivity contribution is 6.47. The van der Waals surface area contributed by atoms with Crippen molar-refractivity contribution in [2.75, 3.05) is 13.1 Å². The lowest BCUT2D eigenvalue weighted by molar-refractivity contribution is -0.199. The molecular formula is C48H74BN7O8. The van der Waals surface area contributed by atoms with Crippen molar-refractivity contribution in [1.82, 2.24) is 26.6 Å². The molecule has 5 amide bonds. The van der Waals surface area contributed by atoms with Crippen molar-refractivity contribution in [3.05, 3.63) is 59.7 Å². The average Bonchev–Trinajstić information content (AvgIpc) is 3.65. The Bertz CT molecular complexity index is 1900. The summed E-state index contributed by atoms with van der Waals surface area (Å²) in [7, 11) is -0.650.